The summed E-state index contributed by atoms with van der Waals surface area (Å²) in [7, 11) is -3.34. The van der Waals surface area contributed by atoms with E-state index in [0.29, 0.717) is 31.1 Å². The monoisotopic (exact) mass is 622 g/mol. The van der Waals surface area contributed by atoms with Gasteiger partial charge in [0.25, 0.3) is 0 Å². The lowest BCUT2D eigenvalue weighted by molar-refractivity contribution is -0.125. The summed E-state index contributed by atoms with van der Waals surface area (Å²) in [6, 6.07) is 6.89. The van der Waals surface area contributed by atoms with Crippen molar-refractivity contribution in [2.45, 2.75) is 108 Å². The number of benzene rings is 1. The predicted molar refractivity (Wildman–Crippen MR) is 170 cm³/mol. The van der Waals surface area contributed by atoms with Crippen LogP contribution in [0.3, 0.4) is 0 Å². The van der Waals surface area contributed by atoms with Gasteiger partial charge in [0.1, 0.15) is 0 Å². The highest BCUT2D eigenvalue weighted by atomic mass is 35.5. The van der Waals surface area contributed by atoms with Crippen molar-refractivity contribution >= 4 is 27.5 Å². The lowest BCUT2D eigenvalue weighted by Crippen LogP contribution is -2.58. The summed E-state index contributed by atoms with van der Waals surface area (Å²) in [5, 5.41) is 7.48. The molecule has 2 heterocycles. The largest absolute Gasteiger partial charge is 0.376 e. The van der Waals surface area contributed by atoms with Crippen LogP contribution in [0, 0.1) is 11.8 Å². The maximum absolute atomic E-state index is 13.8. The molecule has 1 saturated carbocycles. The van der Waals surface area contributed by atoms with Crippen molar-refractivity contribution in [1.82, 2.24) is 14.9 Å². The Labute approximate surface area is 258 Å². The number of amides is 1. The summed E-state index contributed by atoms with van der Waals surface area (Å²) >= 11 is 6.20. The van der Waals surface area contributed by atoms with Gasteiger partial charge in [-0.25, -0.2) is 8.42 Å². The molecule has 42 heavy (non-hydrogen) atoms. The van der Waals surface area contributed by atoms with E-state index in [1.54, 1.807) is 11.2 Å². The van der Waals surface area contributed by atoms with Gasteiger partial charge in [-0.15, -0.1) is 0 Å². The number of halogens is 1. The third-order valence-electron chi connectivity index (χ3n) is 9.72. The van der Waals surface area contributed by atoms with Crippen LogP contribution < -0.4 is 16.4 Å². The summed E-state index contributed by atoms with van der Waals surface area (Å²) in [4.78, 5) is 13.8. The van der Waals surface area contributed by atoms with E-state index in [4.69, 9.17) is 22.1 Å². The molecule has 1 aliphatic carbocycles. The average Bonchev–Trinajstić information content (AvgIpc) is 3.42. The number of sulfonamides is 1. The Balaban J connectivity index is 1.46. The smallest absolute Gasteiger partial charge is 0.237 e. The van der Waals surface area contributed by atoms with Gasteiger partial charge in [0, 0.05) is 48.8 Å². The number of nitrogens with two attached hydrogens (primary N) is 1. The molecule has 0 spiro atoms. The zero-order valence-electron chi connectivity index (χ0n) is 25.8. The molecule has 4 N–H and O–H groups in total. The highest BCUT2D eigenvalue weighted by molar-refractivity contribution is 7.89. The van der Waals surface area contributed by atoms with Gasteiger partial charge in [0.15, 0.2) is 0 Å². The van der Waals surface area contributed by atoms with Crippen molar-refractivity contribution in [3.63, 3.8) is 0 Å². The highest BCUT2D eigenvalue weighted by Gasteiger charge is 2.41. The number of rotatable bonds is 11. The van der Waals surface area contributed by atoms with Crippen LogP contribution in [-0.2, 0) is 19.6 Å². The molecule has 0 radical (unpaired) electrons. The van der Waals surface area contributed by atoms with Crippen molar-refractivity contribution in [1.29, 1.82) is 0 Å². The van der Waals surface area contributed by atoms with Crippen molar-refractivity contribution in [2.75, 3.05) is 25.4 Å². The number of piperazine rings is 1. The van der Waals surface area contributed by atoms with Crippen molar-refractivity contribution in [3.8, 4) is 0 Å². The molecule has 7 unspecified atom stereocenters. The number of hydrogen-bond acceptors (Lipinski definition) is 6. The molecule has 10 heteroatoms. The quantitative estimate of drug-likeness (QED) is 0.311. The zero-order valence-corrected chi connectivity index (χ0v) is 27.4. The van der Waals surface area contributed by atoms with Crippen molar-refractivity contribution in [3.05, 3.63) is 47.0 Å². The second-order valence-electron chi connectivity index (χ2n) is 13.1. The summed E-state index contributed by atoms with van der Waals surface area (Å²) in [6.45, 7) is 14.1. The van der Waals surface area contributed by atoms with E-state index in [9.17, 15) is 13.2 Å². The fourth-order valence-corrected chi connectivity index (χ4v) is 8.82. The Morgan fingerprint density at radius 2 is 1.95 bits per heavy atom. The topological polar surface area (TPSA) is 114 Å². The Hall–Kier alpha value is -1.49. The second kappa shape index (κ2) is 14.1. The van der Waals surface area contributed by atoms with Crippen LogP contribution in [-0.4, -0.2) is 73.8 Å². The molecule has 8 nitrogen and oxygen atoms in total. The molecule has 7 atom stereocenters. The minimum Gasteiger partial charge on any atom is -0.376 e. The van der Waals surface area contributed by atoms with Crippen LogP contribution in [0.25, 0.3) is 0 Å². The first-order chi connectivity index (χ1) is 19.8. The third kappa shape index (κ3) is 7.96. The molecule has 2 aliphatic heterocycles. The van der Waals surface area contributed by atoms with Gasteiger partial charge in [-0.3, -0.25) is 4.79 Å². The normalized spacial score (nSPS) is 30.0. The third-order valence-corrected chi connectivity index (χ3v) is 11.9. The fourth-order valence-electron chi connectivity index (χ4n) is 7.35. The van der Waals surface area contributed by atoms with Crippen LogP contribution >= 0.6 is 11.6 Å². The summed E-state index contributed by atoms with van der Waals surface area (Å²) in [5.41, 5.74) is 8.56. The molecule has 1 amide bonds. The van der Waals surface area contributed by atoms with Gasteiger partial charge in [-0.2, -0.15) is 4.31 Å². The summed E-state index contributed by atoms with van der Waals surface area (Å²) in [5.74, 6) is 0.0609. The van der Waals surface area contributed by atoms with Crippen molar-refractivity contribution < 1.29 is 17.9 Å². The average molecular weight is 623 g/mol. The minimum atomic E-state index is -3.34. The molecular weight excluding hydrogens is 572 g/mol. The van der Waals surface area contributed by atoms with Crippen molar-refractivity contribution in [2.24, 2.45) is 17.6 Å². The van der Waals surface area contributed by atoms with E-state index in [0.717, 1.165) is 49.7 Å². The maximum Gasteiger partial charge on any atom is 0.237 e. The molecule has 4 rings (SSSR count). The molecule has 3 fully saturated rings. The first kappa shape index (κ1) is 33.4. The predicted octanol–water partition coefficient (Wildman–Crippen LogP) is 4.59. The molecule has 0 aromatic heterocycles. The first-order valence-electron chi connectivity index (χ1n) is 15.7. The highest BCUT2D eigenvalue weighted by Crippen LogP contribution is 2.40. The number of ether oxygens (including phenoxy) is 1. The van der Waals surface area contributed by atoms with Crippen LogP contribution in [0.15, 0.2) is 36.4 Å². The molecule has 1 aromatic rings. The summed E-state index contributed by atoms with van der Waals surface area (Å²) in [6.07, 6.45) is 5.87. The molecule has 0 bridgehead atoms. The van der Waals surface area contributed by atoms with Crippen LogP contribution in [0.2, 0.25) is 5.02 Å². The molecule has 236 valence electrons. The number of carbonyl (C=O) groups is 1. The second-order valence-corrected chi connectivity index (χ2v) is 15.8. The maximum atomic E-state index is 13.8. The van der Waals surface area contributed by atoms with E-state index in [2.05, 4.69) is 38.0 Å². The molecule has 3 aliphatic rings. The van der Waals surface area contributed by atoms with Gasteiger partial charge >= 0.3 is 0 Å². The van der Waals surface area contributed by atoms with E-state index in [-0.39, 0.29) is 53.1 Å². The van der Waals surface area contributed by atoms with Gasteiger partial charge in [0.2, 0.25) is 15.9 Å². The molecular formula is C32H51ClN4O4S. The Morgan fingerprint density at radius 1 is 1.24 bits per heavy atom. The Bertz CT molecular complexity index is 1190. The van der Waals surface area contributed by atoms with Gasteiger partial charge in [-0.1, -0.05) is 49.2 Å². The summed E-state index contributed by atoms with van der Waals surface area (Å²) < 4.78 is 33.6. The number of hydrogen-bond donors (Lipinski definition) is 3. The lowest BCUT2D eigenvalue weighted by atomic mass is 9.73. The number of nitrogens with one attached hydrogen (secondary N) is 2. The van der Waals surface area contributed by atoms with E-state index in [1.165, 1.54) is 0 Å². The SMILES string of the molecule is C=C(CC1CNC(CC)CN1S(=O)(=O)CC)C1CCCC1NC(=O)C(N)C(c1ccc(Cl)cc1)C1CCOC(C)(C)C1. The zero-order chi connectivity index (χ0) is 30.7. The first-order valence-corrected chi connectivity index (χ1v) is 17.7. The Morgan fingerprint density at radius 3 is 2.60 bits per heavy atom. The van der Waals surface area contributed by atoms with Gasteiger partial charge < -0.3 is 21.1 Å². The van der Waals surface area contributed by atoms with E-state index >= 15 is 0 Å². The van der Waals surface area contributed by atoms with Gasteiger partial charge in [0.05, 0.1) is 17.4 Å². The van der Waals surface area contributed by atoms with Crippen LogP contribution in [0.1, 0.15) is 84.1 Å². The van der Waals surface area contributed by atoms with E-state index in [1.807, 2.05) is 24.3 Å². The van der Waals surface area contributed by atoms with Crippen LogP contribution in [0.5, 0.6) is 0 Å². The minimum absolute atomic E-state index is 0.0655. The standard InChI is InChI=1S/C32H51ClN4O4S/c1-6-25-20-37(42(39,40)7-2)26(19-35-25)17-21(3)27-9-8-10-28(27)36-31(38)30(34)29(22-11-13-24(33)14-12-22)23-15-16-41-32(4,5)18-23/h11-14,23,25-30,35H,3,6-10,15-20,34H2,1-2,4-5H3,(H,36,38). The number of carbonyl (C=O) groups excluding carboxylic acids is 1. The fraction of sp³-hybridized carbons (Fsp3) is 0.719. The molecule has 1 aromatic carbocycles. The van der Waals surface area contributed by atoms with Crippen LogP contribution in [0.4, 0.5) is 0 Å². The Kier molecular flexibility index (Phi) is 11.2. The van der Waals surface area contributed by atoms with E-state index < -0.39 is 16.1 Å². The molecule has 2 saturated heterocycles. The number of nitrogens with zero attached hydrogens (tertiary/aromatic N) is 1. The van der Waals surface area contributed by atoms with Gasteiger partial charge in [-0.05, 0) is 88.8 Å². The lowest BCUT2D eigenvalue weighted by Gasteiger charge is -2.41.